The van der Waals surface area contributed by atoms with Crippen molar-refractivity contribution in [2.24, 2.45) is 5.92 Å². The molecule has 2 heterocycles. The third kappa shape index (κ3) is 3.24. The number of rotatable bonds is 3. The zero-order valence-corrected chi connectivity index (χ0v) is 16.2. The predicted molar refractivity (Wildman–Crippen MR) is 106 cm³/mol. The second-order valence-electron chi connectivity index (χ2n) is 7.87. The summed E-state index contributed by atoms with van der Waals surface area (Å²) in [5.74, 6) is 1.04. The summed E-state index contributed by atoms with van der Waals surface area (Å²) >= 11 is 0. The molecule has 2 unspecified atom stereocenters. The number of nitrogens with zero attached hydrogens (tertiary/aromatic N) is 3. The highest BCUT2D eigenvalue weighted by atomic mass is 16.2. The van der Waals surface area contributed by atoms with E-state index in [1.807, 2.05) is 36.4 Å². The van der Waals surface area contributed by atoms with E-state index in [9.17, 15) is 9.59 Å². The monoisotopic (exact) mass is 366 g/mol. The number of aryl methyl sites for hydroxylation is 2. The van der Waals surface area contributed by atoms with Crippen LogP contribution in [-0.4, -0.2) is 26.1 Å². The van der Waals surface area contributed by atoms with Crippen LogP contribution in [0.4, 0.5) is 0 Å². The summed E-state index contributed by atoms with van der Waals surface area (Å²) in [7, 11) is 0. The van der Waals surface area contributed by atoms with Crippen LogP contribution in [0.5, 0.6) is 0 Å². The fourth-order valence-corrected chi connectivity index (χ4v) is 4.26. The van der Waals surface area contributed by atoms with Crippen molar-refractivity contribution >= 4 is 22.3 Å². The van der Waals surface area contributed by atoms with Crippen LogP contribution in [0.2, 0.25) is 0 Å². The number of fused-ring (bicyclic) bond motifs is 3. The van der Waals surface area contributed by atoms with Gasteiger partial charge in [-0.2, -0.15) is 5.10 Å². The minimum absolute atomic E-state index is 0.0417. The first-order valence-electron chi connectivity index (χ1n) is 9.73. The van der Waals surface area contributed by atoms with E-state index >= 15 is 0 Å². The van der Waals surface area contributed by atoms with Crippen molar-refractivity contribution in [3.05, 3.63) is 46.0 Å². The molecule has 0 spiro atoms. The normalized spacial score (nSPS) is 20.3. The summed E-state index contributed by atoms with van der Waals surface area (Å²) in [6.45, 7) is 6.03. The Kier molecular flexibility index (Phi) is 4.50. The van der Waals surface area contributed by atoms with Crippen LogP contribution in [-0.2, 0) is 11.3 Å². The number of carbonyl (C=O) groups excluding carboxylic acids is 1. The lowest BCUT2D eigenvalue weighted by molar-refractivity contribution is -0.123. The SMILES string of the molecule is Cc1ccc2c(c1)cc1c(=O)n(CC(=O)NC3CCCCC3C)nc(C)n12. The summed E-state index contributed by atoms with van der Waals surface area (Å²) in [5, 5.41) is 8.51. The van der Waals surface area contributed by atoms with Crippen molar-refractivity contribution < 1.29 is 4.79 Å². The summed E-state index contributed by atoms with van der Waals surface area (Å²) < 4.78 is 3.16. The summed E-state index contributed by atoms with van der Waals surface area (Å²) in [5.41, 5.74) is 2.43. The Morgan fingerprint density at radius 2 is 1.96 bits per heavy atom. The minimum atomic E-state index is -0.235. The van der Waals surface area contributed by atoms with Gasteiger partial charge in [-0.1, -0.05) is 31.4 Å². The summed E-state index contributed by atoms with van der Waals surface area (Å²) in [6.07, 6.45) is 4.53. The Balaban J connectivity index is 1.66. The van der Waals surface area contributed by atoms with Gasteiger partial charge in [-0.3, -0.25) is 14.0 Å². The van der Waals surface area contributed by atoms with Gasteiger partial charge in [0.25, 0.3) is 5.56 Å². The molecule has 0 bridgehead atoms. The van der Waals surface area contributed by atoms with Crippen LogP contribution in [0.1, 0.15) is 44.0 Å². The van der Waals surface area contributed by atoms with Crippen molar-refractivity contribution in [3.63, 3.8) is 0 Å². The van der Waals surface area contributed by atoms with Gasteiger partial charge in [0, 0.05) is 11.4 Å². The van der Waals surface area contributed by atoms with Crippen LogP contribution in [0, 0.1) is 19.8 Å². The summed E-state index contributed by atoms with van der Waals surface area (Å²) in [6, 6.07) is 8.18. The Hall–Kier alpha value is -2.63. The van der Waals surface area contributed by atoms with Gasteiger partial charge < -0.3 is 5.32 Å². The average Bonchev–Trinajstić information content (AvgIpc) is 3.00. The Labute approximate surface area is 158 Å². The largest absolute Gasteiger partial charge is 0.351 e. The molecule has 0 saturated heterocycles. The first-order chi connectivity index (χ1) is 12.9. The van der Waals surface area contributed by atoms with Gasteiger partial charge in [0.1, 0.15) is 17.9 Å². The molecule has 1 saturated carbocycles. The number of hydrogen-bond acceptors (Lipinski definition) is 3. The zero-order valence-electron chi connectivity index (χ0n) is 16.2. The zero-order chi connectivity index (χ0) is 19.1. The van der Waals surface area contributed by atoms with Gasteiger partial charge in [-0.05, 0) is 50.8 Å². The van der Waals surface area contributed by atoms with Gasteiger partial charge in [0.15, 0.2) is 0 Å². The maximum atomic E-state index is 12.9. The molecule has 1 N–H and O–H groups in total. The lowest BCUT2D eigenvalue weighted by Gasteiger charge is -2.29. The van der Waals surface area contributed by atoms with E-state index < -0.39 is 0 Å². The molecule has 4 rings (SSSR count). The maximum Gasteiger partial charge on any atom is 0.291 e. The second-order valence-corrected chi connectivity index (χ2v) is 7.87. The fourth-order valence-electron chi connectivity index (χ4n) is 4.26. The van der Waals surface area contributed by atoms with Crippen LogP contribution in [0.15, 0.2) is 29.1 Å². The number of hydrogen-bond donors (Lipinski definition) is 1. The van der Waals surface area contributed by atoms with E-state index in [0.717, 1.165) is 35.7 Å². The number of amides is 1. The van der Waals surface area contributed by atoms with E-state index in [0.29, 0.717) is 17.3 Å². The molecule has 0 aliphatic heterocycles. The van der Waals surface area contributed by atoms with E-state index in [1.54, 1.807) is 0 Å². The molecule has 1 fully saturated rings. The Morgan fingerprint density at radius 1 is 1.19 bits per heavy atom. The van der Waals surface area contributed by atoms with E-state index in [4.69, 9.17) is 0 Å². The predicted octanol–water partition coefficient (Wildman–Crippen LogP) is 2.96. The molecule has 1 aliphatic carbocycles. The molecule has 2 atom stereocenters. The van der Waals surface area contributed by atoms with E-state index in [2.05, 4.69) is 23.4 Å². The molecule has 27 heavy (non-hydrogen) atoms. The molecule has 2 aromatic heterocycles. The third-order valence-electron chi connectivity index (χ3n) is 5.75. The highest BCUT2D eigenvalue weighted by molar-refractivity contribution is 5.87. The van der Waals surface area contributed by atoms with Gasteiger partial charge >= 0.3 is 0 Å². The van der Waals surface area contributed by atoms with Crippen LogP contribution < -0.4 is 10.9 Å². The summed E-state index contributed by atoms with van der Waals surface area (Å²) in [4.78, 5) is 25.5. The fraction of sp³-hybridized carbons (Fsp3) is 0.476. The quantitative estimate of drug-likeness (QED) is 0.775. The van der Waals surface area contributed by atoms with Gasteiger partial charge in [0.2, 0.25) is 5.91 Å². The first kappa shape index (κ1) is 17.8. The van der Waals surface area contributed by atoms with Gasteiger partial charge in [0.05, 0.1) is 5.52 Å². The molecule has 0 radical (unpaired) electrons. The molecular weight excluding hydrogens is 340 g/mol. The number of carbonyl (C=O) groups is 1. The van der Waals surface area contributed by atoms with Crippen molar-refractivity contribution in [2.75, 3.05) is 0 Å². The smallest absolute Gasteiger partial charge is 0.291 e. The molecule has 1 aromatic carbocycles. The Bertz CT molecular complexity index is 1080. The second kappa shape index (κ2) is 6.83. The number of benzene rings is 1. The van der Waals surface area contributed by atoms with Crippen molar-refractivity contribution in [1.82, 2.24) is 19.5 Å². The Morgan fingerprint density at radius 3 is 2.74 bits per heavy atom. The van der Waals surface area contributed by atoms with Crippen molar-refractivity contribution in [1.29, 1.82) is 0 Å². The molecule has 142 valence electrons. The highest BCUT2D eigenvalue weighted by Crippen LogP contribution is 2.24. The van der Waals surface area contributed by atoms with Crippen LogP contribution >= 0.6 is 0 Å². The van der Waals surface area contributed by atoms with Crippen LogP contribution in [0.25, 0.3) is 16.4 Å². The lowest BCUT2D eigenvalue weighted by atomic mass is 9.86. The van der Waals surface area contributed by atoms with Crippen molar-refractivity contribution in [3.8, 4) is 0 Å². The highest BCUT2D eigenvalue weighted by Gasteiger charge is 2.23. The number of nitrogens with one attached hydrogen (secondary N) is 1. The van der Waals surface area contributed by atoms with Crippen LogP contribution in [0.3, 0.4) is 0 Å². The molecule has 1 amide bonds. The third-order valence-corrected chi connectivity index (χ3v) is 5.75. The van der Waals surface area contributed by atoms with Gasteiger partial charge in [-0.25, -0.2) is 4.68 Å². The maximum absolute atomic E-state index is 12.9. The van der Waals surface area contributed by atoms with Crippen molar-refractivity contribution in [2.45, 2.75) is 59.0 Å². The lowest BCUT2D eigenvalue weighted by Crippen LogP contribution is -2.44. The van der Waals surface area contributed by atoms with E-state index in [1.165, 1.54) is 11.1 Å². The molecule has 3 aromatic rings. The minimum Gasteiger partial charge on any atom is -0.351 e. The topological polar surface area (TPSA) is 68.4 Å². The molecule has 6 nitrogen and oxygen atoms in total. The molecular formula is C21H26N4O2. The molecule has 1 aliphatic rings. The van der Waals surface area contributed by atoms with E-state index in [-0.39, 0.29) is 24.1 Å². The molecule has 6 heteroatoms. The number of aromatic nitrogens is 3. The van der Waals surface area contributed by atoms with Gasteiger partial charge in [-0.15, -0.1) is 0 Å². The standard InChI is InChI=1S/C21H26N4O2/c1-13-8-9-18-16(10-13)11-19-21(27)24(23-15(3)25(18)19)12-20(26)22-17-7-5-4-6-14(17)2/h8-11,14,17H,4-7,12H2,1-3H3,(H,22,26). The first-order valence-corrected chi connectivity index (χ1v) is 9.73. The average molecular weight is 366 g/mol.